The van der Waals surface area contributed by atoms with E-state index < -0.39 is 5.92 Å². The number of aromatic nitrogens is 2. The van der Waals surface area contributed by atoms with Gasteiger partial charge >= 0.3 is 0 Å². The van der Waals surface area contributed by atoms with Gasteiger partial charge in [-0.25, -0.2) is 0 Å². The van der Waals surface area contributed by atoms with Crippen LogP contribution >= 0.6 is 0 Å². The second-order valence-corrected chi connectivity index (χ2v) is 8.02. The summed E-state index contributed by atoms with van der Waals surface area (Å²) in [6.45, 7) is 10.3. The number of hydrogen-bond acceptors (Lipinski definition) is 6. The summed E-state index contributed by atoms with van der Waals surface area (Å²) < 4.78 is 14.3. The van der Waals surface area contributed by atoms with Gasteiger partial charge in [-0.15, -0.1) is 0 Å². The molecule has 2 aromatic heterocycles. The third kappa shape index (κ3) is 4.27. The lowest BCUT2D eigenvalue weighted by Crippen LogP contribution is -2.29. The zero-order valence-corrected chi connectivity index (χ0v) is 20.5. The third-order valence-electron chi connectivity index (χ3n) is 6.15. The Labute approximate surface area is 198 Å². The Morgan fingerprint density at radius 1 is 0.882 bits per heavy atom. The van der Waals surface area contributed by atoms with E-state index in [2.05, 4.69) is 0 Å². The van der Waals surface area contributed by atoms with Gasteiger partial charge in [0.15, 0.2) is 11.5 Å². The summed E-state index contributed by atoms with van der Waals surface area (Å²) in [7, 11) is 1.52. The molecule has 0 aliphatic rings. The topological polar surface area (TPSA) is 103 Å². The lowest BCUT2D eigenvalue weighted by Gasteiger charge is -2.25. The summed E-state index contributed by atoms with van der Waals surface area (Å²) in [6, 6.07) is 7.92. The molecule has 1 atom stereocenters. The molecule has 0 saturated carbocycles. The number of benzene rings is 1. The fourth-order valence-electron chi connectivity index (χ4n) is 4.57. The van der Waals surface area contributed by atoms with Gasteiger partial charge in [-0.2, -0.15) is 0 Å². The maximum absolute atomic E-state index is 13.6. The summed E-state index contributed by atoms with van der Waals surface area (Å²) in [5.74, 6) is -0.307. The first-order valence-electron chi connectivity index (χ1n) is 11.4. The first kappa shape index (κ1) is 25.0. The molecular formula is C26H32N2O6. The molecule has 0 bridgehead atoms. The highest BCUT2D eigenvalue weighted by atomic mass is 16.5. The average molecular weight is 469 g/mol. The predicted molar refractivity (Wildman–Crippen MR) is 131 cm³/mol. The zero-order valence-electron chi connectivity index (χ0n) is 20.5. The van der Waals surface area contributed by atoms with Crippen molar-refractivity contribution < 1.29 is 19.7 Å². The smallest absolute Gasteiger partial charge is 0.258 e. The molecule has 3 rings (SSSR count). The molecule has 0 amide bonds. The van der Waals surface area contributed by atoms with E-state index in [-0.39, 0.29) is 28.2 Å². The monoisotopic (exact) mass is 468 g/mol. The fraction of sp³-hybridized carbons (Fsp3) is 0.385. The van der Waals surface area contributed by atoms with Crippen LogP contribution in [0.2, 0.25) is 0 Å². The minimum absolute atomic E-state index is 0.110. The molecule has 8 nitrogen and oxygen atoms in total. The third-order valence-corrected chi connectivity index (χ3v) is 6.15. The van der Waals surface area contributed by atoms with Crippen LogP contribution in [0.1, 0.15) is 54.8 Å². The molecule has 2 N–H and O–H groups in total. The Hall–Kier alpha value is -3.68. The summed E-state index contributed by atoms with van der Waals surface area (Å²) in [4.78, 5) is 26.1. The first-order chi connectivity index (χ1) is 16.2. The lowest BCUT2D eigenvalue weighted by atomic mass is 9.83. The van der Waals surface area contributed by atoms with Crippen LogP contribution in [0.3, 0.4) is 0 Å². The van der Waals surface area contributed by atoms with Gasteiger partial charge in [0.2, 0.25) is 0 Å². The Balaban J connectivity index is 2.46. The molecular weight excluding hydrogens is 436 g/mol. The van der Waals surface area contributed by atoms with E-state index in [1.165, 1.54) is 11.7 Å². The van der Waals surface area contributed by atoms with Crippen molar-refractivity contribution in [3.8, 4) is 23.0 Å². The lowest BCUT2D eigenvalue weighted by molar-refractivity contribution is 0.310. The maximum Gasteiger partial charge on any atom is 0.258 e. The average Bonchev–Trinajstić information content (AvgIpc) is 2.78. The van der Waals surface area contributed by atoms with Crippen molar-refractivity contribution >= 4 is 0 Å². The molecule has 0 radical (unpaired) electrons. The van der Waals surface area contributed by atoms with Crippen LogP contribution < -0.4 is 20.6 Å². The molecule has 1 unspecified atom stereocenters. The van der Waals surface area contributed by atoms with Crippen molar-refractivity contribution in [1.82, 2.24) is 9.13 Å². The number of hydrogen-bond donors (Lipinski definition) is 2. The van der Waals surface area contributed by atoms with Gasteiger partial charge in [-0.1, -0.05) is 6.07 Å². The van der Waals surface area contributed by atoms with Gasteiger partial charge in [0.05, 0.1) is 19.3 Å². The molecule has 182 valence electrons. The summed E-state index contributed by atoms with van der Waals surface area (Å²) >= 11 is 0. The van der Waals surface area contributed by atoms with Crippen LogP contribution in [0.25, 0.3) is 0 Å². The Morgan fingerprint density at radius 2 is 1.53 bits per heavy atom. The second kappa shape index (κ2) is 10.1. The number of rotatable bonds is 8. The molecule has 34 heavy (non-hydrogen) atoms. The largest absolute Gasteiger partial charge is 0.507 e. The number of nitrogens with zero attached hydrogens (tertiary/aromatic N) is 2. The molecule has 0 fully saturated rings. The van der Waals surface area contributed by atoms with Crippen LogP contribution in [0, 0.1) is 13.8 Å². The van der Waals surface area contributed by atoms with Crippen molar-refractivity contribution in [2.45, 2.75) is 53.6 Å². The van der Waals surface area contributed by atoms with Crippen LogP contribution in [0.4, 0.5) is 0 Å². The second-order valence-electron chi connectivity index (χ2n) is 8.02. The standard InChI is InChI=1S/C26H32N2O6/c1-7-27-15(4)12-18(29)25(26(27)32)24(17-10-11-20(34-9-3)21(13-17)33-6)23-16(5)28(8-2)22(31)14-19(23)30/h10-14,24,29-30H,7-9H2,1-6H3. The van der Waals surface area contributed by atoms with E-state index in [1.807, 2.05) is 20.8 Å². The van der Waals surface area contributed by atoms with E-state index in [0.29, 0.717) is 53.7 Å². The molecule has 0 aliphatic carbocycles. The fourth-order valence-corrected chi connectivity index (χ4v) is 4.57. The van der Waals surface area contributed by atoms with Crippen molar-refractivity contribution in [3.05, 3.63) is 79.1 Å². The normalized spacial score (nSPS) is 11.9. The van der Waals surface area contributed by atoms with E-state index in [9.17, 15) is 19.8 Å². The van der Waals surface area contributed by atoms with Gasteiger partial charge in [-0.3, -0.25) is 9.59 Å². The van der Waals surface area contributed by atoms with Crippen molar-refractivity contribution in [2.24, 2.45) is 0 Å². The predicted octanol–water partition coefficient (Wildman–Crippen LogP) is 3.67. The van der Waals surface area contributed by atoms with E-state index in [4.69, 9.17) is 9.47 Å². The van der Waals surface area contributed by atoms with Gasteiger partial charge in [0, 0.05) is 42.0 Å². The van der Waals surface area contributed by atoms with E-state index in [0.717, 1.165) is 6.07 Å². The quantitative estimate of drug-likeness (QED) is 0.523. The van der Waals surface area contributed by atoms with Crippen LogP contribution in [-0.4, -0.2) is 33.1 Å². The first-order valence-corrected chi connectivity index (χ1v) is 11.4. The van der Waals surface area contributed by atoms with Crippen molar-refractivity contribution in [2.75, 3.05) is 13.7 Å². The molecule has 0 saturated heterocycles. The van der Waals surface area contributed by atoms with Crippen molar-refractivity contribution in [1.29, 1.82) is 0 Å². The summed E-state index contributed by atoms with van der Waals surface area (Å²) in [6.07, 6.45) is 0. The molecule has 8 heteroatoms. The highest BCUT2D eigenvalue weighted by Crippen LogP contribution is 2.42. The summed E-state index contributed by atoms with van der Waals surface area (Å²) in [5, 5.41) is 21.9. The van der Waals surface area contributed by atoms with Crippen LogP contribution in [0.15, 0.2) is 39.9 Å². The van der Waals surface area contributed by atoms with Gasteiger partial charge in [-0.05, 0) is 58.4 Å². The minimum atomic E-state index is -0.867. The number of aryl methyl sites for hydroxylation is 1. The number of ether oxygens (including phenoxy) is 2. The molecule has 3 aromatic rings. The Kier molecular flexibility index (Phi) is 7.39. The zero-order chi connectivity index (χ0) is 25.2. The van der Waals surface area contributed by atoms with Crippen LogP contribution in [0.5, 0.6) is 23.0 Å². The Morgan fingerprint density at radius 3 is 2.12 bits per heavy atom. The van der Waals surface area contributed by atoms with Gasteiger partial charge in [0.1, 0.15) is 11.5 Å². The number of methoxy groups -OCH3 is 1. The maximum atomic E-state index is 13.6. The van der Waals surface area contributed by atoms with Crippen molar-refractivity contribution in [3.63, 3.8) is 0 Å². The minimum Gasteiger partial charge on any atom is -0.507 e. The Bertz CT molecular complexity index is 1320. The van der Waals surface area contributed by atoms with E-state index >= 15 is 0 Å². The van der Waals surface area contributed by atoms with Crippen LogP contribution in [-0.2, 0) is 13.1 Å². The molecule has 0 spiro atoms. The highest BCUT2D eigenvalue weighted by molar-refractivity contribution is 5.56. The summed E-state index contributed by atoms with van der Waals surface area (Å²) in [5.41, 5.74) is 1.49. The molecule has 1 aromatic carbocycles. The van der Waals surface area contributed by atoms with Gasteiger partial charge in [0.25, 0.3) is 11.1 Å². The number of pyridine rings is 2. The number of aromatic hydroxyl groups is 2. The molecule has 2 heterocycles. The highest BCUT2D eigenvalue weighted by Gasteiger charge is 2.31. The molecule has 0 aliphatic heterocycles. The van der Waals surface area contributed by atoms with Gasteiger partial charge < -0.3 is 28.8 Å². The SMILES string of the molecule is CCOc1ccc(C(c2c(O)cc(=O)n(CC)c2C)c2c(O)cc(C)n(CC)c2=O)cc1OC. The van der Waals surface area contributed by atoms with E-state index in [1.54, 1.807) is 42.7 Å².